The average Bonchev–Trinajstić information content (AvgIpc) is 3.26. The van der Waals surface area contributed by atoms with Crippen LogP contribution < -0.4 is 0 Å². The van der Waals surface area contributed by atoms with Crippen LogP contribution in [-0.4, -0.2) is 37.2 Å². The zero-order valence-corrected chi connectivity index (χ0v) is 39.1. The molecular formula is C55H88O6. The van der Waals surface area contributed by atoms with Crippen LogP contribution in [0.4, 0.5) is 0 Å². The molecule has 0 aromatic carbocycles. The van der Waals surface area contributed by atoms with Gasteiger partial charge in [0.25, 0.3) is 0 Å². The van der Waals surface area contributed by atoms with Gasteiger partial charge in [-0.1, -0.05) is 194 Å². The Labute approximate surface area is 374 Å². The molecule has 0 aliphatic heterocycles. The van der Waals surface area contributed by atoms with Gasteiger partial charge in [0.1, 0.15) is 13.2 Å². The van der Waals surface area contributed by atoms with E-state index in [9.17, 15) is 14.4 Å². The number of hydrogen-bond acceptors (Lipinski definition) is 6. The molecule has 0 fully saturated rings. The van der Waals surface area contributed by atoms with Crippen molar-refractivity contribution in [1.82, 2.24) is 0 Å². The van der Waals surface area contributed by atoms with Gasteiger partial charge in [-0.3, -0.25) is 14.4 Å². The molecule has 0 aromatic rings. The largest absolute Gasteiger partial charge is 0.462 e. The highest BCUT2D eigenvalue weighted by molar-refractivity contribution is 5.71. The molecule has 0 bridgehead atoms. The van der Waals surface area contributed by atoms with Crippen molar-refractivity contribution in [3.63, 3.8) is 0 Å². The molecule has 6 heteroatoms. The summed E-state index contributed by atoms with van der Waals surface area (Å²) in [6.45, 7) is 6.26. The van der Waals surface area contributed by atoms with Crippen molar-refractivity contribution in [2.45, 2.75) is 207 Å². The molecule has 0 aliphatic rings. The van der Waals surface area contributed by atoms with Gasteiger partial charge in [-0.15, -0.1) is 0 Å². The second-order valence-electron chi connectivity index (χ2n) is 15.7. The van der Waals surface area contributed by atoms with E-state index in [4.69, 9.17) is 14.2 Å². The van der Waals surface area contributed by atoms with E-state index in [1.807, 2.05) is 0 Å². The summed E-state index contributed by atoms with van der Waals surface area (Å²) in [5.41, 5.74) is 0. The monoisotopic (exact) mass is 845 g/mol. The smallest absolute Gasteiger partial charge is 0.306 e. The molecule has 0 N–H and O–H groups in total. The van der Waals surface area contributed by atoms with E-state index in [2.05, 4.69) is 130 Å². The van der Waals surface area contributed by atoms with E-state index >= 15 is 0 Å². The zero-order valence-electron chi connectivity index (χ0n) is 39.1. The number of unbranched alkanes of at least 4 members (excludes halogenated alkanes) is 15. The number of rotatable bonds is 42. The van der Waals surface area contributed by atoms with Crippen molar-refractivity contribution in [2.75, 3.05) is 13.2 Å². The molecule has 0 spiro atoms. The van der Waals surface area contributed by atoms with Crippen LogP contribution in [-0.2, 0) is 28.6 Å². The second-order valence-corrected chi connectivity index (χ2v) is 15.7. The standard InChI is InChI=1S/C55H88O6/c1-4-7-10-13-16-19-22-24-26-27-29-30-33-36-39-42-45-48-54(57)60-51-52(50-59-53(56)47-44-41-38-35-32-21-18-15-12-9-6-3)61-55(58)49-46-43-40-37-34-31-28-25-23-20-17-14-11-8-5-2/h8-9,11-12,14,17-18,20-21,23-24,26,29-30,35-36,38-39,52H,4-7,10,13,15-16,19,22,25,27-28,31-34,37,40-51H2,1-3H3/b11-8-,12-9-,17-14-,21-18-,23-20-,26-24-,30-29-,38-35-,39-36-. The lowest BCUT2D eigenvalue weighted by molar-refractivity contribution is -0.167. The Morgan fingerprint density at radius 3 is 1.23 bits per heavy atom. The summed E-state index contributed by atoms with van der Waals surface area (Å²) >= 11 is 0. The maximum absolute atomic E-state index is 12.8. The first-order chi connectivity index (χ1) is 30.0. The molecule has 6 nitrogen and oxygen atoms in total. The third-order valence-corrected chi connectivity index (χ3v) is 9.80. The lowest BCUT2D eigenvalue weighted by Crippen LogP contribution is -2.30. The van der Waals surface area contributed by atoms with Crippen LogP contribution in [0, 0.1) is 0 Å². The third-order valence-electron chi connectivity index (χ3n) is 9.80. The lowest BCUT2D eigenvalue weighted by Gasteiger charge is -2.18. The van der Waals surface area contributed by atoms with E-state index in [-0.39, 0.29) is 44.0 Å². The summed E-state index contributed by atoms with van der Waals surface area (Å²) in [5.74, 6) is -1.05. The summed E-state index contributed by atoms with van der Waals surface area (Å²) in [7, 11) is 0. The summed E-state index contributed by atoms with van der Waals surface area (Å²) in [6.07, 6.45) is 65.2. The molecule has 1 unspecified atom stereocenters. The van der Waals surface area contributed by atoms with Gasteiger partial charge in [0, 0.05) is 19.3 Å². The van der Waals surface area contributed by atoms with Crippen molar-refractivity contribution < 1.29 is 28.6 Å². The Bertz CT molecular complexity index is 1290. The molecule has 0 rings (SSSR count). The molecule has 0 saturated heterocycles. The Kier molecular flexibility index (Phi) is 45.6. The van der Waals surface area contributed by atoms with E-state index in [1.165, 1.54) is 64.2 Å². The zero-order chi connectivity index (χ0) is 44.4. The SMILES string of the molecule is CC\C=C/C=C\C=C/CCCCCCCCCC(=O)OC(COC(=O)CCC/C=C\C/C=C\C/C=C\CC)COC(=O)CCC/C=C\C/C=C\C/C=C\CCCCCCCC. The van der Waals surface area contributed by atoms with Crippen LogP contribution in [0.5, 0.6) is 0 Å². The summed E-state index contributed by atoms with van der Waals surface area (Å²) in [4.78, 5) is 37.8. The topological polar surface area (TPSA) is 78.9 Å². The van der Waals surface area contributed by atoms with Gasteiger partial charge in [0.05, 0.1) is 0 Å². The number of esters is 3. The van der Waals surface area contributed by atoms with Gasteiger partial charge in [-0.05, 0) is 96.3 Å². The van der Waals surface area contributed by atoms with Crippen LogP contribution in [0.2, 0.25) is 0 Å². The molecule has 1 atom stereocenters. The normalized spacial score (nSPS) is 13.0. The Hall–Kier alpha value is -3.93. The van der Waals surface area contributed by atoms with Gasteiger partial charge in [-0.2, -0.15) is 0 Å². The van der Waals surface area contributed by atoms with E-state index in [0.29, 0.717) is 19.3 Å². The van der Waals surface area contributed by atoms with Gasteiger partial charge in [-0.25, -0.2) is 0 Å². The van der Waals surface area contributed by atoms with Gasteiger partial charge in [0.2, 0.25) is 0 Å². The van der Waals surface area contributed by atoms with E-state index in [0.717, 1.165) is 83.5 Å². The Morgan fingerprint density at radius 1 is 0.361 bits per heavy atom. The average molecular weight is 845 g/mol. The third kappa shape index (κ3) is 47.0. The number of hydrogen-bond donors (Lipinski definition) is 0. The van der Waals surface area contributed by atoms with Crippen molar-refractivity contribution >= 4 is 17.9 Å². The highest BCUT2D eigenvalue weighted by atomic mass is 16.6. The summed E-state index contributed by atoms with van der Waals surface area (Å²) in [5, 5.41) is 0. The molecule has 344 valence electrons. The van der Waals surface area contributed by atoms with Crippen LogP contribution >= 0.6 is 0 Å². The predicted molar refractivity (Wildman–Crippen MR) is 260 cm³/mol. The summed E-state index contributed by atoms with van der Waals surface area (Å²) < 4.78 is 16.6. The second kappa shape index (κ2) is 48.7. The van der Waals surface area contributed by atoms with Crippen molar-refractivity contribution in [1.29, 1.82) is 0 Å². The van der Waals surface area contributed by atoms with Gasteiger partial charge >= 0.3 is 17.9 Å². The van der Waals surface area contributed by atoms with Crippen LogP contribution in [0.25, 0.3) is 0 Å². The number of carbonyl (C=O) groups is 3. The van der Waals surface area contributed by atoms with Crippen molar-refractivity contribution in [2.24, 2.45) is 0 Å². The number of carbonyl (C=O) groups excluding carboxylic acids is 3. The molecule has 0 aromatic heterocycles. The lowest BCUT2D eigenvalue weighted by atomic mass is 10.1. The molecule has 0 saturated carbocycles. The molecule has 0 aliphatic carbocycles. The first-order valence-electron chi connectivity index (χ1n) is 24.4. The fourth-order valence-electron chi connectivity index (χ4n) is 6.19. The molecule has 0 amide bonds. The Morgan fingerprint density at radius 2 is 0.738 bits per heavy atom. The maximum Gasteiger partial charge on any atom is 0.306 e. The molecule has 0 radical (unpaired) electrons. The molecule has 0 heterocycles. The predicted octanol–water partition coefficient (Wildman–Crippen LogP) is 16.0. The molecule has 61 heavy (non-hydrogen) atoms. The van der Waals surface area contributed by atoms with E-state index < -0.39 is 6.10 Å². The van der Waals surface area contributed by atoms with Gasteiger partial charge in [0.15, 0.2) is 6.10 Å². The minimum absolute atomic E-state index is 0.127. The van der Waals surface area contributed by atoms with Crippen LogP contribution in [0.15, 0.2) is 109 Å². The first kappa shape index (κ1) is 57.1. The first-order valence-corrected chi connectivity index (χ1v) is 24.4. The quantitative estimate of drug-likeness (QED) is 0.0200. The van der Waals surface area contributed by atoms with Gasteiger partial charge < -0.3 is 14.2 Å². The molecular weight excluding hydrogens is 757 g/mol. The minimum atomic E-state index is -0.825. The van der Waals surface area contributed by atoms with Crippen molar-refractivity contribution in [3.8, 4) is 0 Å². The summed E-state index contributed by atoms with van der Waals surface area (Å²) in [6, 6.07) is 0. The highest BCUT2D eigenvalue weighted by Gasteiger charge is 2.19. The highest BCUT2D eigenvalue weighted by Crippen LogP contribution is 2.12. The van der Waals surface area contributed by atoms with Crippen LogP contribution in [0.3, 0.4) is 0 Å². The Balaban J connectivity index is 4.53. The number of ether oxygens (including phenoxy) is 3. The van der Waals surface area contributed by atoms with Crippen molar-refractivity contribution in [3.05, 3.63) is 109 Å². The minimum Gasteiger partial charge on any atom is -0.462 e. The van der Waals surface area contributed by atoms with E-state index in [1.54, 1.807) is 0 Å². The number of allylic oxidation sites excluding steroid dienone is 18. The van der Waals surface area contributed by atoms with Crippen LogP contribution in [0.1, 0.15) is 201 Å². The fraction of sp³-hybridized carbons (Fsp3) is 0.618. The fourth-order valence-corrected chi connectivity index (χ4v) is 6.19. The maximum atomic E-state index is 12.8.